The predicted molar refractivity (Wildman–Crippen MR) is 74.8 cm³/mol. The highest BCUT2D eigenvalue weighted by Crippen LogP contribution is 2.24. The maximum Gasteiger partial charge on any atom is 0.124 e. The lowest BCUT2D eigenvalue weighted by atomic mass is 10.1. The highest BCUT2D eigenvalue weighted by Gasteiger charge is 2.07. The quantitative estimate of drug-likeness (QED) is 0.905. The lowest BCUT2D eigenvalue weighted by Crippen LogP contribution is -2.07. The SMILES string of the molecule is CC(N)c1ccccc1OCc1cccc(Cl)c1. The second-order valence-corrected chi connectivity index (χ2v) is 4.68. The molecule has 18 heavy (non-hydrogen) atoms. The highest BCUT2D eigenvalue weighted by molar-refractivity contribution is 6.30. The molecule has 94 valence electrons. The summed E-state index contributed by atoms with van der Waals surface area (Å²) in [5.41, 5.74) is 7.96. The van der Waals surface area contributed by atoms with E-state index in [0.29, 0.717) is 6.61 Å². The van der Waals surface area contributed by atoms with Gasteiger partial charge in [-0.25, -0.2) is 0 Å². The predicted octanol–water partition coefficient (Wildman–Crippen LogP) is 3.94. The average Bonchev–Trinajstić information content (AvgIpc) is 2.37. The lowest BCUT2D eigenvalue weighted by Gasteiger charge is -2.13. The van der Waals surface area contributed by atoms with E-state index in [0.717, 1.165) is 21.9 Å². The van der Waals surface area contributed by atoms with Gasteiger partial charge in [0.25, 0.3) is 0 Å². The van der Waals surface area contributed by atoms with Gasteiger partial charge in [-0.2, -0.15) is 0 Å². The third kappa shape index (κ3) is 3.25. The van der Waals surface area contributed by atoms with Crippen molar-refractivity contribution in [2.24, 2.45) is 5.73 Å². The van der Waals surface area contributed by atoms with E-state index in [9.17, 15) is 0 Å². The van der Waals surface area contributed by atoms with E-state index in [1.807, 2.05) is 55.5 Å². The number of ether oxygens (including phenoxy) is 1. The molecule has 0 aliphatic rings. The van der Waals surface area contributed by atoms with Crippen LogP contribution >= 0.6 is 11.6 Å². The summed E-state index contributed by atoms with van der Waals surface area (Å²) in [5.74, 6) is 0.826. The van der Waals surface area contributed by atoms with Gasteiger partial charge in [0.15, 0.2) is 0 Å². The minimum absolute atomic E-state index is 0.0411. The summed E-state index contributed by atoms with van der Waals surface area (Å²) in [4.78, 5) is 0. The standard InChI is InChI=1S/C15H16ClNO/c1-11(17)14-7-2-3-8-15(14)18-10-12-5-4-6-13(16)9-12/h2-9,11H,10,17H2,1H3. The zero-order valence-electron chi connectivity index (χ0n) is 10.3. The molecule has 0 amide bonds. The molecule has 2 rings (SSSR count). The maximum absolute atomic E-state index is 5.93. The fourth-order valence-corrected chi connectivity index (χ4v) is 1.99. The van der Waals surface area contributed by atoms with E-state index >= 15 is 0 Å². The second-order valence-electron chi connectivity index (χ2n) is 4.25. The molecule has 2 N–H and O–H groups in total. The van der Waals surface area contributed by atoms with Gasteiger partial charge >= 0.3 is 0 Å². The molecule has 2 aromatic rings. The summed E-state index contributed by atoms with van der Waals surface area (Å²) < 4.78 is 5.80. The minimum Gasteiger partial charge on any atom is -0.489 e. The van der Waals surface area contributed by atoms with Gasteiger partial charge in [0.05, 0.1) is 0 Å². The molecule has 0 saturated carbocycles. The Bertz CT molecular complexity index is 525. The number of para-hydroxylation sites is 1. The first kappa shape index (κ1) is 12.9. The molecule has 3 heteroatoms. The van der Waals surface area contributed by atoms with Crippen LogP contribution in [0, 0.1) is 0 Å². The minimum atomic E-state index is -0.0411. The van der Waals surface area contributed by atoms with Crippen LogP contribution in [0.3, 0.4) is 0 Å². The number of nitrogens with two attached hydrogens (primary N) is 1. The smallest absolute Gasteiger partial charge is 0.124 e. The van der Waals surface area contributed by atoms with Crippen LogP contribution in [0.5, 0.6) is 5.75 Å². The number of benzene rings is 2. The third-order valence-electron chi connectivity index (χ3n) is 2.69. The Morgan fingerprint density at radius 2 is 1.94 bits per heavy atom. The number of halogens is 1. The molecule has 0 spiro atoms. The van der Waals surface area contributed by atoms with Crippen molar-refractivity contribution in [1.29, 1.82) is 0 Å². The van der Waals surface area contributed by atoms with E-state index in [1.165, 1.54) is 0 Å². The van der Waals surface area contributed by atoms with Crippen molar-refractivity contribution in [1.82, 2.24) is 0 Å². The van der Waals surface area contributed by atoms with Crippen molar-refractivity contribution >= 4 is 11.6 Å². The Morgan fingerprint density at radius 1 is 1.17 bits per heavy atom. The van der Waals surface area contributed by atoms with Crippen LogP contribution in [0.2, 0.25) is 5.02 Å². The Kier molecular flexibility index (Phi) is 4.24. The molecule has 0 radical (unpaired) electrons. The zero-order chi connectivity index (χ0) is 13.0. The van der Waals surface area contributed by atoms with Crippen molar-refractivity contribution in [2.75, 3.05) is 0 Å². The van der Waals surface area contributed by atoms with Gasteiger partial charge < -0.3 is 10.5 Å². The van der Waals surface area contributed by atoms with Crippen molar-refractivity contribution in [2.45, 2.75) is 19.6 Å². The van der Waals surface area contributed by atoms with E-state index < -0.39 is 0 Å². The van der Waals surface area contributed by atoms with Crippen LogP contribution in [-0.2, 0) is 6.61 Å². The first-order chi connectivity index (χ1) is 8.66. The molecule has 0 saturated heterocycles. The molecule has 1 atom stereocenters. The first-order valence-electron chi connectivity index (χ1n) is 5.88. The van der Waals surface area contributed by atoms with Gasteiger partial charge in [-0.3, -0.25) is 0 Å². The topological polar surface area (TPSA) is 35.2 Å². The lowest BCUT2D eigenvalue weighted by molar-refractivity contribution is 0.301. The van der Waals surface area contributed by atoms with Crippen LogP contribution in [0.25, 0.3) is 0 Å². The summed E-state index contributed by atoms with van der Waals surface area (Å²) in [7, 11) is 0. The molecular weight excluding hydrogens is 246 g/mol. The molecular formula is C15H16ClNO. The summed E-state index contributed by atoms with van der Waals surface area (Å²) in [6, 6.07) is 15.4. The summed E-state index contributed by atoms with van der Waals surface area (Å²) >= 11 is 5.93. The number of hydrogen-bond acceptors (Lipinski definition) is 2. The third-order valence-corrected chi connectivity index (χ3v) is 2.93. The van der Waals surface area contributed by atoms with E-state index in [4.69, 9.17) is 22.1 Å². The van der Waals surface area contributed by atoms with Gasteiger partial charge in [-0.05, 0) is 30.7 Å². The first-order valence-corrected chi connectivity index (χ1v) is 6.26. The van der Waals surface area contributed by atoms with Crippen molar-refractivity contribution in [3.8, 4) is 5.75 Å². The molecule has 0 bridgehead atoms. The van der Waals surface area contributed by atoms with E-state index in [-0.39, 0.29) is 6.04 Å². The molecule has 0 fully saturated rings. The van der Waals surface area contributed by atoms with Gasteiger partial charge in [0.2, 0.25) is 0 Å². The molecule has 0 aliphatic heterocycles. The fourth-order valence-electron chi connectivity index (χ4n) is 1.78. The van der Waals surface area contributed by atoms with Crippen LogP contribution < -0.4 is 10.5 Å². The van der Waals surface area contributed by atoms with Gasteiger partial charge in [-0.15, -0.1) is 0 Å². The summed E-state index contributed by atoms with van der Waals surface area (Å²) in [6.45, 7) is 2.44. The maximum atomic E-state index is 5.93. The Labute approximate surface area is 112 Å². The van der Waals surface area contributed by atoms with Crippen LogP contribution in [0.1, 0.15) is 24.1 Å². The Morgan fingerprint density at radius 3 is 2.67 bits per heavy atom. The van der Waals surface area contributed by atoms with Gasteiger partial charge in [0.1, 0.15) is 12.4 Å². The Balaban J connectivity index is 2.11. The molecule has 0 heterocycles. The molecule has 2 aromatic carbocycles. The molecule has 2 nitrogen and oxygen atoms in total. The Hall–Kier alpha value is -1.51. The summed E-state index contributed by atoms with van der Waals surface area (Å²) in [5, 5.41) is 0.719. The van der Waals surface area contributed by atoms with Crippen LogP contribution in [0.4, 0.5) is 0 Å². The largest absolute Gasteiger partial charge is 0.489 e. The average molecular weight is 262 g/mol. The molecule has 0 aromatic heterocycles. The van der Waals surface area contributed by atoms with E-state index in [1.54, 1.807) is 0 Å². The van der Waals surface area contributed by atoms with Crippen molar-refractivity contribution in [3.63, 3.8) is 0 Å². The summed E-state index contributed by atoms with van der Waals surface area (Å²) in [6.07, 6.45) is 0. The van der Waals surface area contributed by atoms with Crippen molar-refractivity contribution < 1.29 is 4.74 Å². The number of rotatable bonds is 4. The van der Waals surface area contributed by atoms with E-state index in [2.05, 4.69) is 0 Å². The van der Waals surface area contributed by atoms with Gasteiger partial charge in [0, 0.05) is 16.6 Å². The monoisotopic (exact) mass is 261 g/mol. The highest BCUT2D eigenvalue weighted by atomic mass is 35.5. The van der Waals surface area contributed by atoms with Crippen LogP contribution in [-0.4, -0.2) is 0 Å². The van der Waals surface area contributed by atoms with Crippen LogP contribution in [0.15, 0.2) is 48.5 Å². The van der Waals surface area contributed by atoms with Crippen molar-refractivity contribution in [3.05, 3.63) is 64.7 Å². The second kappa shape index (κ2) is 5.89. The molecule has 1 unspecified atom stereocenters. The normalized spacial score (nSPS) is 12.2. The fraction of sp³-hybridized carbons (Fsp3) is 0.200. The van der Waals surface area contributed by atoms with Gasteiger partial charge in [-0.1, -0.05) is 41.9 Å². The molecule has 0 aliphatic carbocycles. The number of hydrogen-bond donors (Lipinski definition) is 1. The zero-order valence-corrected chi connectivity index (χ0v) is 11.0.